The van der Waals surface area contributed by atoms with E-state index in [0.29, 0.717) is 12.1 Å². The molecule has 18 heavy (non-hydrogen) atoms. The highest BCUT2D eigenvalue weighted by Crippen LogP contribution is 2.19. The van der Waals surface area contributed by atoms with Gasteiger partial charge < -0.3 is 5.32 Å². The zero-order valence-electron chi connectivity index (χ0n) is 10.6. The van der Waals surface area contributed by atoms with E-state index in [1.54, 1.807) is 0 Å². The van der Waals surface area contributed by atoms with Gasteiger partial charge in [0.25, 0.3) is 5.91 Å². The summed E-state index contributed by atoms with van der Waals surface area (Å²) >= 11 is 0. The van der Waals surface area contributed by atoms with Gasteiger partial charge in [0.15, 0.2) is 0 Å². The summed E-state index contributed by atoms with van der Waals surface area (Å²) in [5.41, 5.74) is 3.69. The Morgan fingerprint density at radius 2 is 2.06 bits per heavy atom. The van der Waals surface area contributed by atoms with Gasteiger partial charge in [0.1, 0.15) is 0 Å². The van der Waals surface area contributed by atoms with Crippen LogP contribution in [0.3, 0.4) is 0 Å². The number of nitrogens with one attached hydrogen (secondary N) is 1. The molecule has 1 aromatic carbocycles. The molecule has 0 bridgehead atoms. The third kappa shape index (κ3) is 2.74. The fraction of sp³-hybridized carbons (Fsp3) is 0.200. The largest absolute Gasteiger partial charge is 0.352 e. The minimum atomic E-state index is -0.0422. The van der Waals surface area contributed by atoms with Crippen LogP contribution in [0.25, 0.3) is 11.1 Å². The quantitative estimate of drug-likeness (QED) is 0.896. The van der Waals surface area contributed by atoms with Crippen molar-refractivity contribution in [3.8, 4) is 11.1 Å². The van der Waals surface area contributed by atoms with E-state index in [2.05, 4.69) is 10.3 Å². The van der Waals surface area contributed by atoms with Crippen LogP contribution in [0.15, 0.2) is 42.6 Å². The van der Waals surface area contributed by atoms with Gasteiger partial charge in [-0.3, -0.25) is 9.78 Å². The number of aryl methyl sites for hydroxylation is 1. The van der Waals surface area contributed by atoms with Crippen molar-refractivity contribution >= 4 is 5.91 Å². The highest BCUT2D eigenvalue weighted by atomic mass is 16.1. The second kappa shape index (κ2) is 5.45. The molecule has 0 unspecified atom stereocenters. The van der Waals surface area contributed by atoms with E-state index in [1.165, 1.54) is 0 Å². The number of carbonyl (C=O) groups is 1. The molecule has 1 aromatic heterocycles. The van der Waals surface area contributed by atoms with Gasteiger partial charge >= 0.3 is 0 Å². The molecule has 0 radical (unpaired) electrons. The van der Waals surface area contributed by atoms with Crippen molar-refractivity contribution in [2.45, 2.75) is 13.8 Å². The van der Waals surface area contributed by atoms with E-state index in [1.807, 2.05) is 56.4 Å². The van der Waals surface area contributed by atoms with Crippen LogP contribution >= 0.6 is 0 Å². The summed E-state index contributed by atoms with van der Waals surface area (Å²) in [6, 6.07) is 11.6. The summed E-state index contributed by atoms with van der Waals surface area (Å²) in [7, 11) is 0. The van der Waals surface area contributed by atoms with Crippen molar-refractivity contribution in [3.05, 3.63) is 53.9 Å². The molecular formula is C15H16N2O. The van der Waals surface area contributed by atoms with E-state index >= 15 is 0 Å². The summed E-state index contributed by atoms with van der Waals surface area (Å²) in [5.74, 6) is -0.0422. The molecule has 0 atom stereocenters. The first-order valence-electron chi connectivity index (χ1n) is 6.02. The van der Waals surface area contributed by atoms with Crippen molar-refractivity contribution in [2.24, 2.45) is 0 Å². The SMILES string of the molecule is CCNC(=O)c1cccc(-c2ccc(C)nc2)c1. The minimum absolute atomic E-state index is 0.0422. The van der Waals surface area contributed by atoms with Crippen LogP contribution in [0.4, 0.5) is 0 Å². The van der Waals surface area contributed by atoms with Gasteiger partial charge in [0.2, 0.25) is 0 Å². The number of aromatic nitrogens is 1. The molecule has 0 aliphatic carbocycles. The first kappa shape index (κ1) is 12.3. The summed E-state index contributed by atoms with van der Waals surface area (Å²) in [6.07, 6.45) is 1.83. The van der Waals surface area contributed by atoms with Crippen molar-refractivity contribution in [1.82, 2.24) is 10.3 Å². The fourth-order valence-electron chi connectivity index (χ4n) is 1.74. The summed E-state index contributed by atoms with van der Waals surface area (Å²) in [6.45, 7) is 4.50. The molecule has 0 saturated heterocycles. The van der Waals surface area contributed by atoms with E-state index in [-0.39, 0.29) is 5.91 Å². The maximum atomic E-state index is 11.8. The number of nitrogens with zero attached hydrogens (tertiary/aromatic N) is 1. The van der Waals surface area contributed by atoms with Gasteiger partial charge in [-0.15, -0.1) is 0 Å². The zero-order chi connectivity index (χ0) is 13.0. The Hall–Kier alpha value is -2.16. The molecule has 92 valence electrons. The molecule has 1 N–H and O–H groups in total. The Bertz CT molecular complexity index is 547. The smallest absolute Gasteiger partial charge is 0.251 e. The standard InChI is InChI=1S/C15H16N2O/c1-3-16-15(18)13-6-4-5-12(9-13)14-8-7-11(2)17-10-14/h4-10H,3H2,1-2H3,(H,16,18). The molecule has 0 spiro atoms. The second-order valence-electron chi connectivity index (χ2n) is 4.13. The van der Waals surface area contributed by atoms with E-state index < -0.39 is 0 Å². The van der Waals surface area contributed by atoms with Crippen LogP contribution in [-0.2, 0) is 0 Å². The van der Waals surface area contributed by atoms with Gasteiger partial charge in [0, 0.05) is 29.6 Å². The summed E-state index contributed by atoms with van der Waals surface area (Å²) in [4.78, 5) is 16.0. The number of pyridine rings is 1. The van der Waals surface area contributed by atoms with Crippen LogP contribution in [0.1, 0.15) is 23.0 Å². The lowest BCUT2D eigenvalue weighted by atomic mass is 10.0. The lowest BCUT2D eigenvalue weighted by Gasteiger charge is -2.05. The van der Waals surface area contributed by atoms with E-state index in [0.717, 1.165) is 16.8 Å². The Labute approximate surface area is 107 Å². The Morgan fingerprint density at radius 1 is 1.22 bits per heavy atom. The third-order valence-corrected chi connectivity index (χ3v) is 2.71. The molecule has 0 aliphatic rings. The fourth-order valence-corrected chi connectivity index (χ4v) is 1.74. The topological polar surface area (TPSA) is 42.0 Å². The molecule has 3 nitrogen and oxygen atoms in total. The van der Waals surface area contributed by atoms with Crippen LogP contribution in [0.2, 0.25) is 0 Å². The molecule has 0 aliphatic heterocycles. The predicted molar refractivity (Wildman–Crippen MR) is 72.4 cm³/mol. The van der Waals surface area contributed by atoms with E-state index in [4.69, 9.17) is 0 Å². The Morgan fingerprint density at radius 3 is 2.72 bits per heavy atom. The van der Waals surface area contributed by atoms with Crippen molar-refractivity contribution in [3.63, 3.8) is 0 Å². The molecule has 3 heteroatoms. The predicted octanol–water partition coefficient (Wildman–Crippen LogP) is 2.81. The number of hydrogen-bond acceptors (Lipinski definition) is 2. The van der Waals surface area contributed by atoms with Gasteiger partial charge in [-0.25, -0.2) is 0 Å². The number of benzene rings is 1. The Balaban J connectivity index is 2.32. The highest BCUT2D eigenvalue weighted by Gasteiger charge is 2.05. The van der Waals surface area contributed by atoms with Crippen molar-refractivity contribution in [1.29, 1.82) is 0 Å². The van der Waals surface area contributed by atoms with Crippen LogP contribution in [-0.4, -0.2) is 17.4 Å². The molecule has 0 saturated carbocycles. The number of rotatable bonds is 3. The van der Waals surface area contributed by atoms with Crippen molar-refractivity contribution in [2.75, 3.05) is 6.54 Å². The highest BCUT2D eigenvalue weighted by molar-refractivity contribution is 5.95. The number of carbonyl (C=O) groups excluding carboxylic acids is 1. The average Bonchev–Trinajstić information content (AvgIpc) is 2.40. The molecule has 2 aromatic rings. The van der Waals surface area contributed by atoms with Crippen LogP contribution < -0.4 is 5.32 Å². The normalized spacial score (nSPS) is 10.1. The first-order valence-corrected chi connectivity index (χ1v) is 6.02. The Kier molecular flexibility index (Phi) is 3.72. The monoisotopic (exact) mass is 240 g/mol. The lowest BCUT2D eigenvalue weighted by Crippen LogP contribution is -2.22. The van der Waals surface area contributed by atoms with Crippen molar-refractivity contribution < 1.29 is 4.79 Å². The average molecular weight is 240 g/mol. The maximum Gasteiger partial charge on any atom is 0.251 e. The lowest BCUT2D eigenvalue weighted by molar-refractivity contribution is 0.0956. The molecular weight excluding hydrogens is 224 g/mol. The van der Waals surface area contributed by atoms with Gasteiger partial charge in [0.05, 0.1) is 0 Å². The minimum Gasteiger partial charge on any atom is -0.352 e. The van der Waals surface area contributed by atoms with E-state index in [9.17, 15) is 4.79 Å². The maximum absolute atomic E-state index is 11.8. The third-order valence-electron chi connectivity index (χ3n) is 2.71. The van der Waals surface area contributed by atoms with Crippen LogP contribution in [0.5, 0.6) is 0 Å². The number of hydrogen-bond donors (Lipinski definition) is 1. The van der Waals surface area contributed by atoms with Gasteiger partial charge in [-0.05, 0) is 37.6 Å². The number of amides is 1. The molecule has 2 rings (SSSR count). The summed E-state index contributed by atoms with van der Waals surface area (Å²) < 4.78 is 0. The summed E-state index contributed by atoms with van der Waals surface area (Å²) in [5, 5.41) is 2.80. The molecule has 0 fully saturated rings. The first-order chi connectivity index (χ1) is 8.70. The van der Waals surface area contributed by atoms with Crippen LogP contribution in [0, 0.1) is 6.92 Å². The zero-order valence-corrected chi connectivity index (χ0v) is 10.6. The van der Waals surface area contributed by atoms with Gasteiger partial charge in [-0.1, -0.05) is 18.2 Å². The van der Waals surface area contributed by atoms with Gasteiger partial charge in [-0.2, -0.15) is 0 Å². The second-order valence-corrected chi connectivity index (χ2v) is 4.13. The molecule has 1 heterocycles. The molecule has 1 amide bonds.